The zero-order chi connectivity index (χ0) is 15.7. The summed E-state index contributed by atoms with van der Waals surface area (Å²) in [6.45, 7) is 15.7. The second-order valence-electron chi connectivity index (χ2n) is 3.45. The Morgan fingerprint density at radius 1 is 1.05 bits per heavy atom. The fourth-order valence-corrected chi connectivity index (χ4v) is 1.54. The molecule has 0 aromatic carbocycles. The van der Waals surface area contributed by atoms with Crippen LogP contribution in [0.4, 0.5) is 0 Å². The average molecular weight is 269 g/mol. The van der Waals surface area contributed by atoms with Gasteiger partial charge in [-0.3, -0.25) is 4.79 Å². The summed E-state index contributed by atoms with van der Waals surface area (Å²) >= 11 is 0. The first kappa shape index (κ1) is 23.1. The largest absolute Gasteiger partial charge is 0.330 e. The van der Waals surface area contributed by atoms with Crippen LogP contribution in [0.25, 0.3) is 0 Å². The lowest BCUT2D eigenvalue weighted by Gasteiger charge is -2.14. The molecule has 0 heterocycles. The number of rotatable bonds is 3. The van der Waals surface area contributed by atoms with Crippen molar-refractivity contribution in [3.8, 4) is 0 Å². The van der Waals surface area contributed by atoms with Gasteiger partial charge in [-0.25, -0.2) is 0 Å². The summed E-state index contributed by atoms with van der Waals surface area (Å²) < 4.78 is 0. The quantitative estimate of drug-likeness (QED) is 0.709. The smallest absolute Gasteiger partial charge is 0.220 e. The molecule has 2 heteroatoms. The number of amides is 1. The van der Waals surface area contributed by atoms with Crippen molar-refractivity contribution in [1.82, 2.24) is 5.32 Å². The Kier molecular flexibility index (Phi) is 23.4. The highest BCUT2D eigenvalue weighted by atomic mass is 16.1. The summed E-state index contributed by atoms with van der Waals surface area (Å²) in [7, 11) is 0. The maximum absolute atomic E-state index is 10.7. The van der Waals surface area contributed by atoms with Crippen molar-refractivity contribution < 1.29 is 4.79 Å². The monoisotopic (exact) mass is 269 g/mol. The molecule has 0 fully saturated rings. The van der Waals surface area contributed by atoms with Gasteiger partial charge in [0.2, 0.25) is 5.91 Å². The summed E-state index contributed by atoms with van der Waals surface area (Å²) in [5.74, 6) is 0.0265. The number of carbonyl (C=O) groups excluding carboxylic acids is 1. The van der Waals surface area contributed by atoms with Crippen LogP contribution in [0, 0.1) is 0 Å². The third-order valence-electron chi connectivity index (χ3n) is 2.14. The second kappa shape index (κ2) is 19.3. The molecule has 0 radical (unpaired) electrons. The summed E-state index contributed by atoms with van der Waals surface area (Å²) in [5, 5.41) is 2.82. The zero-order valence-electron chi connectivity index (χ0n) is 14.4. The van der Waals surface area contributed by atoms with Crippen LogP contribution in [0.15, 0.2) is 23.4 Å². The van der Waals surface area contributed by atoms with Crippen molar-refractivity contribution in [2.45, 2.75) is 81.1 Å². The molecule has 1 amide bonds. The van der Waals surface area contributed by atoms with E-state index in [1.165, 1.54) is 18.4 Å². The maximum atomic E-state index is 10.7. The number of allylic oxidation sites excluding steroid dienone is 4. The molecule has 0 saturated carbocycles. The van der Waals surface area contributed by atoms with Crippen LogP contribution >= 0.6 is 0 Å². The van der Waals surface area contributed by atoms with E-state index in [2.05, 4.69) is 18.3 Å². The molecule has 19 heavy (non-hydrogen) atoms. The van der Waals surface area contributed by atoms with Crippen molar-refractivity contribution in [3.05, 3.63) is 23.4 Å². The van der Waals surface area contributed by atoms with Crippen molar-refractivity contribution in [3.63, 3.8) is 0 Å². The summed E-state index contributed by atoms with van der Waals surface area (Å²) in [6.07, 6.45) is 8.62. The van der Waals surface area contributed by atoms with Crippen molar-refractivity contribution in [2.24, 2.45) is 0 Å². The average Bonchev–Trinajstić information content (AvgIpc) is 2.47. The van der Waals surface area contributed by atoms with E-state index in [1.807, 2.05) is 47.6 Å². The second-order valence-corrected chi connectivity index (χ2v) is 3.45. The van der Waals surface area contributed by atoms with Gasteiger partial charge in [-0.15, -0.1) is 0 Å². The highest BCUT2D eigenvalue weighted by Crippen LogP contribution is 2.20. The Hall–Kier alpha value is -1.05. The Morgan fingerprint density at radius 3 is 1.89 bits per heavy atom. The Balaban J connectivity index is -0.000000375. The van der Waals surface area contributed by atoms with E-state index in [0.717, 1.165) is 18.5 Å². The molecule has 1 aliphatic rings. The van der Waals surface area contributed by atoms with Gasteiger partial charge < -0.3 is 5.32 Å². The van der Waals surface area contributed by atoms with E-state index in [9.17, 15) is 4.79 Å². The molecule has 0 bridgehead atoms. The first-order chi connectivity index (χ1) is 9.22. The van der Waals surface area contributed by atoms with E-state index in [-0.39, 0.29) is 5.91 Å². The van der Waals surface area contributed by atoms with Crippen LogP contribution in [0.2, 0.25) is 0 Å². The Labute approximate surface area is 121 Å². The first-order valence-corrected chi connectivity index (χ1v) is 7.88. The van der Waals surface area contributed by atoms with E-state index in [1.54, 1.807) is 6.92 Å². The highest BCUT2D eigenvalue weighted by molar-refractivity contribution is 5.75. The third kappa shape index (κ3) is 14.9. The van der Waals surface area contributed by atoms with Crippen molar-refractivity contribution in [2.75, 3.05) is 0 Å². The minimum absolute atomic E-state index is 0.0265. The molecule has 114 valence electrons. The first-order valence-electron chi connectivity index (χ1n) is 7.88. The van der Waals surface area contributed by atoms with Gasteiger partial charge in [-0.05, 0) is 25.3 Å². The minimum atomic E-state index is 0.0265. The van der Waals surface area contributed by atoms with Gasteiger partial charge in [-0.2, -0.15) is 0 Å². The number of hydrogen-bond donors (Lipinski definition) is 1. The SMILES string of the molecule is CC.CC.CC.CCCC1=CC=C(NC(C)=O)CC1. The van der Waals surface area contributed by atoms with Crippen LogP contribution in [-0.2, 0) is 4.79 Å². The van der Waals surface area contributed by atoms with Crippen molar-refractivity contribution >= 4 is 5.91 Å². The van der Waals surface area contributed by atoms with Gasteiger partial charge in [0, 0.05) is 12.6 Å². The highest BCUT2D eigenvalue weighted by Gasteiger charge is 2.06. The lowest BCUT2D eigenvalue weighted by Crippen LogP contribution is -2.20. The van der Waals surface area contributed by atoms with E-state index in [0.29, 0.717) is 0 Å². The van der Waals surface area contributed by atoms with E-state index in [4.69, 9.17) is 0 Å². The minimum Gasteiger partial charge on any atom is -0.330 e. The molecule has 0 unspecified atom stereocenters. The van der Waals surface area contributed by atoms with Crippen molar-refractivity contribution in [1.29, 1.82) is 0 Å². The van der Waals surface area contributed by atoms with Crippen LogP contribution in [-0.4, -0.2) is 5.91 Å². The molecular formula is C17H35NO. The van der Waals surface area contributed by atoms with Crippen LogP contribution in [0.5, 0.6) is 0 Å². The van der Waals surface area contributed by atoms with E-state index >= 15 is 0 Å². The zero-order valence-corrected chi connectivity index (χ0v) is 14.4. The molecule has 0 saturated heterocycles. The van der Waals surface area contributed by atoms with Gasteiger partial charge >= 0.3 is 0 Å². The summed E-state index contributed by atoms with van der Waals surface area (Å²) in [5.41, 5.74) is 2.55. The Bertz CT molecular complexity index is 252. The third-order valence-corrected chi connectivity index (χ3v) is 2.14. The van der Waals surface area contributed by atoms with Crippen LogP contribution in [0.1, 0.15) is 81.1 Å². The molecule has 0 aromatic heterocycles. The van der Waals surface area contributed by atoms with Gasteiger partial charge in [-0.1, -0.05) is 66.5 Å². The molecule has 1 rings (SSSR count). The fourth-order valence-electron chi connectivity index (χ4n) is 1.54. The molecule has 0 atom stereocenters. The lowest BCUT2D eigenvalue weighted by atomic mass is 9.99. The standard InChI is InChI=1S/C11H17NO.3C2H6/c1-3-4-10-5-7-11(8-6-10)12-9(2)13;3*1-2/h5,7H,3-4,6,8H2,1-2H3,(H,12,13);3*1-2H3. The molecule has 0 aromatic rings. The van der Waals surface area contributed by atoms with Crippen LogP contribution in [0.3, 0.4) is 0 Å². The Morgan fingerprint density at radius 2 is 1.58 bits per heavy atom. The van der Waals surface area contributed by atoms with Gasteiger partial charge in [0.15, 0.2) is 0 Å². The maximum Gasteiger partial charge on any atom is 0.220 e. The molecule has 2 nitrogen and oxygen atoms in total. The summed E-state index contributed by atoms with van der Waals surface area (Å²) in [4.78, 5) is 10.7. The molecule has 1 N–H and O–H groups in total. The number of carbonyl (C=O) groups is 1. The van der Waals surface area contributed by atoms with Gasteiger partial charge in [0.1, 0.15) is 0 Å². The topological polar surface area (TPSA) is 29.1 Å². The fraction of sp³-hybridized carbons (Fsp3) is 0.706. The molecule has 0 spiro atoms. The lowest BCUT2D eigenvalue weighted by molar-refractivity contribution is -0.118. The molecular weight excluding hydrogens is 234 g/mol. The normalized spacial score (nSPS) is 12.0. The van der Waals surface area contributed by atoms with E-state index < -0.39 is 0 Å². The van der Waals surface area contributed by atoms with Gasteiger partial charge in [0.25, 0.3) is 0 Å². The predicted molar refractivity (Wildman–Crippen MR) is 88.2 cm³/mol. The number of nitrogens with one attached hydrogen (secondary N) is 1. The molecule has 0 aliphatic heterocycles. The van der Waals surface area contributed by atoms with Crippen LogP contribution < -0.4 is 5.32 Å². The summed E-state index contributed by atoms with van der Waals surface area (Å²) in [6, 6.07) is 0. The number of hydrogen-bond acceptors (Lipinski definition) is 1. The predicted octanol–water partition coefficient (Wildman–Crippen LogP) is 5.61. The van der Waals surface area contributed by atoms with Gasteiger partial charge in [0.05, 0.1) is 0 Å². The molecule has 1 aliphatic carbocycles.